The molecule has 2 aliphatic heterocycles. The van der Waals surface area contributed by atoms with Crippen molar-refractivity contribution in [2.75, 3.05) is 11.6 Å². The Morgan fingerprint density at radius 1 is 0.603 bits per heavy atom. The van der Waals surface area contributed by atoms with E-state index < -0.39 is 5.60 Å². The summed E-state index contributed by atoms with van der Waals surface area (Å²) in [5.41, 5.74) is 10.9. The van der Waals surface area contributed by atoms with Gasteiger partial charge in [-0.2, -0.15) is 5.10 Å². The monoisotopic (exact) mass is 833 g/mol. The van der Waals surface area contributed by atoms with Crippen molar-refractivity contribution in [2.24, 2.45) is 39.1 Å². The summed E-state index contributed by atoms with van der Waals surface area (Å²) in [6.45, 7) is 8.55. The van der Waals surface area contributed by atoms with E-state index in [1.54, 1.807) is 0 Å². The van der Waals surface area contributed by atoms with Crippen LogP contribution in [0, 0.1) is 34.0 Å². The van der Waals surface area contributed by atoms with E-state index in [4.69, 9.17) is 5.10 Å². The lowest BCUT2D eigenvalue weighted by Gasteiger charge is -2.65. The van der Waals surface area contributed by atoms with Crippen molar-refractivity contribution in [2.45, 2.75) is 109 Å². The summed E-state index contributed by atoms with van der Waals surface area (Å²) in [6.07, 6.45) is 18.6. The SMILES string of the molecule is CC12CCCCC1(C)C1CCC3(C)C(CCC3(O)C[NH+]3C(c4ccccc4)=CC(c4ccc(N5N=C(c6ccccc6)CC5c5ccccc5)cc4)=CC3c3ccccc3)C1CC2. The lowest BCUT2D eigenvalue weighted by atomic mass is 9.40. The lowest BCUT2D eigenvalue weighted by molar-refractivity contribution is -0.861. The Morgan fingerprint density at radius 3 is 1.90 bits per heavy atom. The number of nitrogens with zero attached hydrogens (tertiary/aromatic N) is 2. The number of nitrogens with one attached hydrogen (secondary N) is 1. The van der Waals surface area contributed by atoms with Crippen LogP contribution in [0.1, 0.15) is 131 Å². The maximum atomic E-state index is 13.5. The van der Waals surface area contributed by atoms with Crippen LogP contribution in [0.3, 0.4) is 0 Å². The molecule has 0 radical (unpaired) electrons. The molecular formula is C59H66N3O+. The topological polar surface area (TPSA) is 40.3 Å². The van der Waals surface area contributed by atoms with Crippen LogP contribution >= 0.6 is 0 Å². The molecule has 5 aromatic carbocycles. The molecule has 10 unspecified atom stereocenters. The van der Waals surface area contributed by atoms with Gasteiger partial charge in [0.05, 0.1) is 17.4 Å². The van der Waals surface area contributed by atoms with Gasteiger partial charge in [-0.05, 0) is 133 Å². The number of benzene rings is 5. The molecule has 6 aliphatic rings. The van der Waals surface area contributed by atoms with Gasteiger partial charge in [-0.15, -0.1) is 0 Å². The molecule has 0 spiro atoms. The molecule has 4 nitrogen and oxygen atoms in total. The molecule has 2 N–H and O–H groups in total. The van der Waals surface area contributed by atoms with Crippen LogP contribution in [0.15, 0.2) is 163 Å². The van der Waals surface area contributed by atoms with Crippen LogP contribution in [0.5, 0.6) is 0 Å². The summed E-state index contributed by atoms with van der Waals surface area (Å²) < 4.78 is 0. The van der Waals surface area contributed by atoms with E-state index in [2.05, 4.69) is 184 Å². The highest BCUT2D eigenvalue weighted by Gasteiger charge is 2.67. The van der Waals surface area contributed by atoms with Crippen molar-refractivity contribution < 1.29 is 10.0 Å². The van der Waals surface area contributed by atoms with Gasteiger partial charge in [0.1, 0.15) is 23.9 Å². The zero-order valence-electron chi connectivity index (χ0n) is 37.7. The van der Waals surface area contributed by atoms with Crippen molar-refractivity contribution in [3.05, 3.63) is 186 Å². The lowest BCUT2D eigenvalue weighted by Crippen LogP contribution is -3.12. The molecule has 4 heteroatoms. The highest BCUT2D eigenvalue weighted by Crippen LogP contribution is 2.71. The normalized spacial score (nSPS) is 34.9. The highest BCUT2D eigenvalue weighted by atomic mass is 16.3. The van der Waals surface area contributed by atoms with Crippen LogP contribution in [0.25, 0.3) is 11.3 Å². The van der Waals surface area contributed by atoms with E-state index in [0.29, 0.717) is 23.3 Å². The van der Waals surface area contributed by atoms with Gasteiger partial charge in [-0.3, -0.25) is 9.91 Å². The Hall–Kier alpha value is -5.03. The van der Waals surface area contributed by atoms with E-state index in [1.165, 1.54) is 88.9 Å². The predicted octanol–water partition coefficient (Wildman–Crippen LogP) is 12.7. The van der Waals surface area contributed by atoms with Crippen LogP contribution in [0.2, 0.25) is 0 Å². The molecular weight excluding hydrogens is 767 g/mol. The molecule has 0 saturated heterocycles. The number of anilines is 1. The van der Waals surface area contributed by atoms with E-state index in [9.17, 15) is 5.11 Å². The molecule has 11 rings (SSSR count). The second kappa shape index (κ2) is 15.9. The van der Waals surface area contributed by atoms with Crippen LogP contribution in [-0.2, 0) is 0 Å². The molecule has 322 valence electrons. The molecule has 4 saturated carbocycles. The Morgan fingerprint density at radius 2 is 1.21 bits per heavy atom. The quantitative estimate of drug-likeness (QED) is 0.163. The number of aliphatic hydroxyl groups is 1. The average molecular weight is 833 g/mol. The van der Waals surface area contributed by atoms with Gasteiger partial charge in [0, 0.05) is 29.0 Å². The molecule has 5 aromatic rings. The minimum absolute atomic E-state index is 0.0414. The van der Waals surface area contributed by atoms with Crippen molar-refractivity contribution in [3.63, 3.8) is 0 Å². The van der Waals surface area contributed by atoms with E-state index in [1.807, 2.05) is 0 Å². The van der Waals surface area contributed by atoms with Crippen LogP contribution < -0.4 is 9.91 Å². The fourth-order valence-electron chi connectivity index (χ4n) is 14.6. The van der Waals surface area contributed by atoms with Crippen molar-refractivity contribution in [3.8, 4) is 0 Å². The Kier molecular flexibility index (Phi) is 10.3. The summed E-state index contributed by atoms with van der Waals surface area (Å²) in [4.78, 5) is 1.36. The Labute approximate surface area is 376 Å². The van der Waals surface area contributed by atoms with Gasteiger partial charge < -0.3 is 5.11 Å². The van der Waals surface area contributed by atoms with Crippen molar-refractivity contribution in [1.82, 2.24) is 0 Å². The highest BCUT2D eigenvalue weighted by molar-refractivity contribution is 6.03. The van der Waals surface area contributed by atoms with Crippen molar-refractivity contribution in [1.29, 1.82) is 0 Å². The minimum Gasteiger partial charge on any atom is -0.383 e. The maximum Gasteiger partial charge on any atom is 0.139 e. The zero-order chi connectivity index (χ0) is 42.8. The molecule has 2 heterocycles. The number of fused-ring (bicyclic) bond motifs is 5. The molecule has 4 aliphatic carbocycles. The fourth-order valence-corrected chi connectivity index (χ4v) is 14.6. The molecule has 0 bridgehead atoms. The Bertz CT molecular complexity index is 2520. The van der Waals surface area contributed by atoms with E-state index in [0.717, 1.165) is 48.9 Å². The fraction of sp³-hybridized carbons (Fsp3) is 0.407. The number of quaternary nitrogens is 1. The van der Waals surface area contributed by atoms with Gasteiger partial charge in [0.2, 0.25) is 0 Å². The van der Waals surface area contributed by atoms with Gasteiger partial charge in [-0.1, -0.05) is 155 Å². The predicted molar refractivity (Wildman–Crippen MR) is 259 cm³/mol. The first-order valence-corrected chi connectivity index (χ1v) is 24.4. The smallest absolute Gasteiger partial charge is 0.139 e. The largest absolute Gasteiger partial charge is 0.383 e. The molecule has 0 amide bonds. The third-order valence-corrected chi connectivity index (χ3v) is 18.4. The first-order chi connectivity index (χ1) is 30.7. The van der Waals surface area contributed by atoms with Gasteiger partial charge >= 0.3 is 0 Å². The van der Waals surface area contributed by atoms with Gasteiger partial charge in [0.25, 0.3) is 0 Å². The second-order valence-electron chi connectivity index (χ2n) is 21.2. The third-order valence-electron chi connectivity index (χ3n) is 18.4. The summed E-state index contributed by atoms with van der Waals surface area (Å²) >= 11 is 0. The van der Waals surface area contributed by atoms with Gasteiger partial charge in [0.15, 0.2) is 0 Å². The summed E-state index contributed by atoms with van der Waals surface area (Å²) in [6, 6.07) is 52.8. The van der Waals surface area contributed by atoms with Crippen LogP contribution in [-0.4, -0.2) is 23.0 Å². The molecule has 63 heavy (non-hydrogen) atoms. The van der Waals surface area contributed by atoms with Crippen LogP contribution in [0.4, 0.5) is 5.69 Å². The molecule has 4 fully saturated rings. The summed E-state index contributed by atoms with van der Waals surface area (Å²) in [5, 5.41) is 21.0. The first kappa shape index (κ1) is 40.7. The molecule has 0 aromatic heterocycles. The second-order valence-corrected chi connectivity index (χ2v) is 21.2. The third kappa shape index (κ3) is 6.81. The number of hydrogen-bond donors (Lipinski definition) is 2. The number of hydrogen-bond acceptors (Lipinski definition) is 3. The standard InChI is InChI=1S/C59H65N3O/c1-56-33-16-17-34-57(56,2)50-31-36-58(3)51(49(50)30-35-56)32-37-59(58,63)41-61-53(44-20-10-5-11-21-44)38-47(39-54(61)45-22-12-6-13-23-45)42-26-28-48(29-27-42)62-55(46-24-14-7-15-25-46)40-52(60-62)43-18-8-4-9-19-43/h4-15,18-29,38-39,49-51,53,55,63H,16-17,30-37,40-41H2,1-3H3/p+1. The van der Waals surface area contributed by atoms with Crippen molar-refractivity contribution >= 4 is 22.7 Å². The van der Waals surface area contributed by atoms with E-state index >= 15 is 0 Å². The minimum atomic E-state index is -0.760. The summed E-state index contributed by atoms with van der Waals surface area (Å²) in [7, 11) is 0. The number of hydrazone groups is 1. The Balaban J connectivity index is 0.939. The maximum absolute atomic E-state index is 13.5. The first-order valence-electron chi connectivity index (χ1n) is 24.4. The number of rotatable bonds is 8. The summed E-state index contributed by atoms with van der Waals surface area (Å²) in [5.74, 6) is 2.11. The van der Waals surface area contributed by atoms with E-state index in [-0.39, 0.29) is 17.5 Å². The zero-order valence-corrected chi connectivity index (χ0v) is 37.7. The van der Waals surface area contributed by atoms with Gasteiger partial charge in [-0.25, -0.2) is 0 Å². The number of allylic oxidation sites excluding steroid dienone is 2. The average Bonchev–Trinajstić information content (AvgIpc) is 3.89. The molecule has 10 atom stereocenters.